The van der Waals surface area contributed by atoms with Crippen molar-refractivity contribution in [1.82, 2.24) is 14.6 Å². The summed E-state index contributed by atoms with van der Waals surface area (Å²) in [5.41, 5.74) is 7.40. The first-order chi connectivity index (χ1) is 15.7. The van der Waals surface area contributed by atoms with E-state index in [0.29, 0.717) is 6.42 Å². The average molecular weight is 442 g/mol. The van der Waals surface area contributed by atoms with Crippen LogP contribution in [0.2, 0.25) is 0 Å². The summed E-state index contributed by atoms with van der Waals surface area (Å²) in [5.74, 6) is -0.785. The number of rotatable bonds is 5. The van der Waals surface area contributed by atoms with Gasteiger partial charge in [-0.25, -0.2) is 9.50 Å². The van der Waals surface area contributed by atoms with Gasteiger partial charge in [0, 0.05) is 28.3 Å². The molecule has 1 atom stereocenters. The largest absolute Gasteiger partial charge is 0.469 e. The molecule has 5 heteroatoms. The van der Waals surface area contributed by atoms with Gasteiger partial charge in [0.2, 0.25) is 0 Å². The number of carbonyl (C=O) groups excluding carboxylic acids is 1. The Kier molecular flexibility index (Phi) is 6.07. The third kappa shape index (κ3) is 4.54. The normalized spacial score (nSPS) is 12.7. The van der Waals surface area contributed by atoms with E-state index < -0.39 is 5.92 Å². The van der Waals surface area contributed by atoms with Gasteiger partial charge in [-0.3, -0.25) is 4.79 Å². The summed E-state index contributed by atoms with van der Waals surface area (Å²) in [5, 5.41) is 4.96. The zero-order valence-corrected chi connectivity index (χ0v) is 20.2. The quantitative estimate of drug-likeness (QED) is 0.367. The summed E-state index contributed by atoms with van der Waals surface area (Å²) < 4.78 is 7.18. The van der Waals surface area contributed by atoms with E-state index in [1.54, 1.807) is 0 Å². The summed E-state index contributed by atoms with van der Waals surface area (Å²) in [7, 11) is 1.44. The monoisotopic (exact) mass is 441 g/mol. The highest BCUT2D eigenvalue weighted by Gasteiger charge is 2.30. The highest BCUT2D eigenvalue weighted by Crippen LogP contribution is 2.36. The molecule has 2 aromatic heterocycles. The Hall–Kier alpha value is -3.47. The second kappa shape index (κ2) is 8.81. The lowest BCUT2D eigenvalue weighted by Crippen LogP contribution is -2.21. The summed E-state index contributed by atoms with van der Waals surface area (Å²) in [6, 6.07) is 20.4. The molecule has 2 aromatic carbocycles. The second-order valence-corrected chi connectivity index (χ2v) is 9.64. The maximum absolute atomic E-state index is 13.1. The van der Waals surface area contributed by atoms with Gasteiger partial charge in [0.05, 0.1) is 24.4 Å². The smallest absolute Gasteiger partial charge is 0.313 e. The van der Waals surface area contributed by atoms with Gasteiger partial charge in [0.15, 0.2) is 5.65 Å². The first-order valence-corrected chi connectivity index (χ1v) is 11.3. The number of hydrogen-bond acceptors (Lipinski definition) is 4. The maximum atomic E-state index is 13.1. The number of aromatic nitrogens is 3. The van der Waals surface area contributed by atoms with Gasteiger partial charge in [0.1, 0.15) is 0 Å². The Labute approximate surface area is 195 Å². The minimum Gasteiger partial charge on any atom is -0.469 e. The van der Waals surface area contributed by atoms with Gasteiger partial charge < -0.3 is 4.74 Å². The molecule has 4 aromatic rings. The van der Waals surface area contributed by atoms with Crippen LogP contribution in [0.15, 0.2) is 60.7 Å². The molecule has 0 aliphatic carbocycles. The van der Waals surface area contributed by atoms with Crippen molar-refractivity contribution in [2.24, 2.45) is 0 Å². The SMILES string of the molecule is COC(=O)C(Cc1ccccc1)c1c(C)nc2cc(C(C)(C)C)nn2c1-c1ccc(C)cc1. The first-order valence-electron chi connectivity index (χ1n) is 11.3. The molecule has 2 heterocycles. The minimum atomic E-state index is -0.507. The summed E-state index contributed by atoms with van der Waals surface area (Å²) in [4.78, 5) is 18.0. The lowest BCUT2D eigenvalue weighted by Gasteiger charge is -2.22. The molecular weight excluding hydrogens is 410 g/mol. The fourth-order valence-corrected chi connectivity index (χ4v) is 4.20. The number of aryl methyl sites for hydroxylation is 2. The molecule has 0 bridgehead atoms. The molecule has 0 fully saturated rings. The number of hydrogen-bond donors (Lipinski definition) is 0. The topological polar surface area (TPSA) is 56.5 Å². The molecular formula is C28H31N3O2. The number of esters is 1. The van der Waals surface area contributed by atoms with E-state index in [0.717, 1.165) is 39.4 Å². The van der Waals surface area contributed by atoms with Crippen LogP contribution in [0, 0.1) is 13.8 Å². The Morgan fingerprint density at radius 3 is 2.30 bits per heavy atom. The Bertz CT molecular complexity index is 1280. The van der Waals surface area contributed by atoms with Gasteiger partial charge in [-0.05, 0) is 25.8 Å². The lowest BCUT2D eigenvalue weighted by molar-refractivity contribution is -0.142. The number of carbonyl (C=O) groups is 1. The molecule has 5 nitrogen and oxygen atoms in total. The van der Waals surface area contributed by atoms with Gasteiger partial charge >= 0.3 is 5.97 Å². The van der Waals surface area contributed by atoms with Gasteiger partial charge in [0.25, 0.3) is 0 Å². The zero-order valence-electron chi connectivity index (χ0n) is 20.2. The van der Waals surface area contributed by atoms with Crippen LogP contribution >= 0.6 is 0 Å². The maximum Gasteiger partial charge on any atom is 0.313 e. The average Bonchev–Trinajstić information content (AvgIpc) is 3.22. The number of ether oxygens (including phenoxy) is 1. The van der Waals surface area contributed by atoms with Crippen LogP contribution in [0.3, 0.4) is 0 Å². The second-order valence-electron chi connectivity index (χ2n) is 9.64. The molecule has 170 valence electrons. The minimum absolute atomic E-state index is 0.127. The van der Waals surface area contributed by atoms with Gasteiger partial charge in [-0.15, -0.1) is 0 Å². The third-order valence-corrected chi connectivity index (χ3v) is 6.04. The molecule has 0 radical (unpaired) electrons. The molecule has 0 saturated carbocycles. The van der Waals surface area contributed by atoms with Crippen LogP contribution in [-0.2, 0) is 21.4 Å². The highest BCUT2D eigenvalue weighted by molar-refractivity contribution is 5.83. The number of methoxy groups -OCH3 is 1. The lowest BCUT2D eigenvalue weighted by atomic mass is 9.87. The first kappa shape index (κ1) is 22.7. The molecule has 1 unspecified atom stereocenters. The van der Waals surface area contributed by atoms with E-state index in [2.05, 4.69) is 52.0 Å². The van der Waals surface area contributed by atoms with Crippen LogP contribution in [0.25, 0.3) is 16.9 Å². The van der Waals surface area contributed by atoms with Crippen molar-refractivity contribution in [2.75, 3.05) is 7.11 Å². The Morgan fingerprint density at radius 2 is 1.70 bits per heavy atom. The van der Waals surface area contributed by atoms with E-state index in [-0.39, 0.29) is 11.4 Å². The van der Waals surface area contributed by atoms with E-state index >= 15 is 0 Å². The van der Waals surface area contributed by atoms with E-state index in [1.165, 1.54) is 12.7 Å². The molecule has 0 spiro atoms. The van der Waals surface area contributed by atoms with Gasteiger partial charge in [-0.2, -0.15) is 5.10 Å². The number of nitrogens with zero attached hydrogens (tertiary/aromatic N) is 3. The van der Waals surface area contributed by atoms with Crippen molar-refractivity contribution >= 4 is 11.6 Å². The Balaban J connectivity index is 2.02. The van der Waals surface area contributed by atoms with Crippen LogP contribution < -0.4 is 0 Å². The number of benzene rings is 2. The molecule has 33 heavy (non-hydrogen) atoms. The van der Waals surface area contributed by atoms with Gasteiger partial charge in [-0.1, -0.05) is 80.9 Å². The van der Waals surface area contributed by atoms with Crippen molar-refractivity contribution in [2.45, 2.75) is 52.4 Å². The molecule has 0 N–H and O–H groups in total. The molecule has 0 saturated heterocycles. The van der Waals surface area contributed by atoms with Crippen molar-refractivity contribution in [3.63, 3.8) is 0 Å². The summed E-state index contributed by atoms with van der Waals surface area (Å²) in [6.45, 7) is 10.5. The van der Waals surface area contributed by atoms with Crippen LogP contribution in [-0.4, -0.2) is 27.7 Å². The summed E-state index contributed by atoms with van der Waals surface area (Å²) >= 11 is 0. The van der Waals surface area contributed by atoms with Crippen molar-refractivity contribution < 1.29 is 9.53 Å². The van der Waals surface area contributed by atoms with Crippen LogP contribution in [0.1, 0.15) is 54.8 Å². The predicted octanol–water partition coefficient (Wildman–Crippen LogP) is 5.81. The Morgan fingerprint density at radius 1 is 1.03 bits per heavy atom. The fourth-order valence-electron chi connectivity index (χ4n) is 4.20. The van der Waals surface area contributed by atoms with Crippen molar-refractivity contribution in [1.29, 1.82) is 0 Å². The predicted molar refractivity (Wildman–Crippen MR) is 132 cm³/mol. The van der Waals surface area contributed by atoms with Crippen molar-refractivity contribution in [3.8, 4) is 11.3 Å². The van der Waals surface area contributed by atoms with Crippen molar-refractivity contribution in [3.05, 3.63) is 88.7 Å². The molecule has 0 aliphatic heterocycles. The summed E-state index contributed by atoms with van der Waals surface area (Å²) in [6.07, 6.45) is 0.522. The van der Waals surface area contributed by atoms with E-state index in [9.17, 15) is 4.79 Å². The van der Waals surface area contributed by atoms with Crippen LogP contribution in [0.4, 0.5) is 0 Å². The standard InChI is InChI=1S/C28H31N3O2/c1-18-12-14-21(15-13-18)26-25(22(27(32)33-6)16-20-10-8-7-9-11-20)19(2)29-24-17-23(28(3,4)5)30-31(24)26/h7-15,17,22H,16H2,1-6H3. The molecule has 4 rings (SSSR count). The molecule has 0 amide bonds. The third-order valence-electron chi connectivity index (χ3n) is 6.04. The molecule has 0 aliphatic rings. The van der Waals surface area contributed by atoms with E-state index in [4.69, 9.17) is 14.8 Å². The van der Waals surface area contributed by atoms with Crippen LogP contribution in [0.5, 0.6) is 0 Å². The fraction of sp³-hybridized carbons (Fsp3) is 0.321. The zero-order chi connectivity index (χ0) is 23.8. The highest BCUT2D eigenvalue weighted by atomic mass is 16.5. The number of fused-ring (bicyclic) bond motifs is 1. The van der Waals surface area contributed by atoms with E-state index in [1.807, 2.05) is 47.8 Å².